The molecule has 0 spiro atoms. The highest BCUT2D eigenvalue weighted by atomic mass is 19.1. The summed E-state index contributed by atoms with van der Waals surface area (Å²) in [5.41, 5.74) is 0.555. The molecule has 0 aliphatic heterocycles. The lowest BCUT2D eigenvalue weighted by Gasteiger charge is -2.26. The highest BCUT2D eigenvalue weighted by molar-refractivity contribution is 5.12. The Bertz CT molecular complexity index is 352. The summed E-state index contributed by atoms with van der Waals surface area (Å²) >= 11 is 0. The molecule has 18 heavy (non-hydrogen) atoms. The second-order valence-corrected chi connectivity index (χ2v) is 5.41. The molecule has 1 aromatic heterocycles. The third-order valence-corrected chi connectivity index (χ3v) is 3.11. The summed E-state index contributed by atoms with van der Waals surface area (Å²) in [4.78, 5) is 4.22. The molecular formula is C15H25FN2. The number of halogens is 1. The van der Waals surface area contributed by atoms with Crippen LogP contribution in [0.3, 0.4) is 0 Å². The second kappa shape index (κ2) is 7.47. The molecule has 1 N–H and O–H groups in total. The average molecular weight is 252 g/mol. The summed E-state index contributed by atoms with van der Waals surface area (Å²) in [5, 5.41) is 3.43. The van der Waals surface area contributed by atoms with Gasteiger partial charge in [0.25, 0.3) is 0 Å². The third kappa shape index (κ3) is 4.37. The molecule has 0 saturated heterocycles. The first-order valence-electron chi connectivity index (χ1n) is 6.90. The molecule has 2 atom stereocenters. The van der Waals surface area contributed by atoms with Crippen molar-refractivity contribution < 1.29 is 4.39 Å². The van der Waals surface area contributed by atoms with Crippen molar-refractivity contribution in [1.29, 1.82) is 0 Å². The zero-order valence-corrected chi connectivity index (χ0v) is 11.9. The summed E-state index contributed by atoms with van der Waals surface area (Å²) in [7, 11) is 0. The Morgan fingerprint density at radius 3 is 2.61 bits per heavy atom. The smallest absolute Gasteiger partial charge is 0.146 e. The first kappa shape index (κ1) is 15.1. The van der Waals surface area contributed by atoms with Crippen molar-refractivity contribution in [2.45, 2.75) is 46.6 Å². The normalized spacial score (nSPS) is 14.8. The fourth-order valence-corrected chi connectivity index (χ4v) is 2.37. The second-order valence-electron chi connectivity index (χ2n) is 5.41. The molecule has 0 amide bonds. The van der Waals surface area contributed by atoms with E-state index in [1.165, 1.54) is 6.07 Å². The van der Waals surface area contributed by atoms with Gasteiger partial charge in [0, 0.05) is 6.20 Å². The van der Waals surface area contributed by atoms with Gasteiger partial charge >= 0.3 is 0 Å². The molecule has 1 aromatic rings. The van der Waals surface area contributed by atoms with Gasteiger partial charge in [0.2, 0.25) is 0 Å². The van der Waals surface area contributed by atoms with Crippen molar-refractivity contribution in [1.82, 2.24) is 10.3 Å². The van der Waals surface area contributed by atoms with Crippen molar-refractivity contribution >= 4 is 0 Å². The number of rotatable bonds is 7. The van der Waals surface area contributed by atoms with Crippen molar-refractivity contribution in [3.05, 3.63) is 29.8 Å². The minimum atomic E-state index is -0.207. The molecule has 1 rings (SSSR count). The van der Waals surface area contributed by atoms with Gasteiger partial charge in [-0.25, -0.2) is 4.39 Å². The molecule has 0 aliphatic rings. The monoisotopic (exact) mass is 252 g/mol. The van der Waals surface area contributed by atoms with Crippen molar-refractivity contribution in [2.75, 3.05) is 6.54 Å². The average Bonchev–Trinajstić information content (AvgIpc) is 2.31. The maximum atomic E-state index is 13.9. The van der Waals surface area contributed by atoms with Gasteiger partial charge in [-0.3, -0.25) is 4.98 Å². The predicted octanol–water partition coefficient (Wildman–Crippen LogP) is 3.94. The van der Waals surface area contributed by atoms with Crippen LogP contribution in [-0.2, 0) is 0 Å². The molecule has 0 aromatic carbocycles. The van der Waals surface area contributed by atoms with E-state index in [1.54, 1.807) is 12.3 Å². The van der Waals surface area contributed by atoms with E-state index in [9.17, 15) is 4.39 Å². The molecule has 0 saturated carbocycles. The number of hydrogen-bond acceptors (Lipinski definition) is 2. The standard InChI is InChI=1S/C15H25FN2/c1-5-8-17-14(12(4)10-11(2)3)15-13(16)7-6-9-18-15/h6-7,9,11-12,14,17H,5,8,10H2,1-4H3. The number of hydrogen-bond donors (Lipinski definition) is 1. The fraction of sp³-hybridized carbons (Fsp3) is 0.667. The van der Waals surface area contributed by atoms with Gasteiger partial charge in [-0.15, -0.1) is 0 Å². The number of nitrogens with one attached hydrogen (secondary N) is 1. The maximum absolute atomic E-state index is 13.9. The van der Waals surface area contributed by atoms with Gasteiger partial charge < -0.3 is 5.32 Å². The van der Waals surface area contributed by atoms with Crippen molar-refractivity contribution in [3.8, 4) is 0 Å². The first-order valence-corrected chi connectivity index (χ1v) is 6.90. The lowest BCUT2D eigenvalue weighted by Crippen LogP contribution is -2.30. The Hall–Kier alpha value is -0.960. The minimum absolute atomic E-state index is 0.00792. The molecule has 0 fully saturated rings. The zero-order valence-electron chi connectivity index (χ0n) is 11.9. The van der Waals surface area contributed by atoms with Crippen LogP contribution in [0.25, 0.3) is 0 Å². The molecule has 2 nitrogen and oxygen atoms in total. The Morgan fingerprint density at radius 1 is 1.33 bits per heavy atom. The summed E-state index contributed by atoms with van der Waals surface area (Å²) < 4.78 is 13.9. The molecular weight excluding hydrogens is 227 g/mol. The predicted molar refractivity (Wildman–Crippen MR) is 73.8 cm³/mol. The summed E-state index contributed by atoms with van der Waals surface area (Å²) in [5.74, 6) is 0.778. The van der Waals surface area contributed by atoms with Gasteiger partial charge in [0.15, 0.2) is 0 Å². The van der Waals surface area contributed by atoms with Crippen LogP contribution in [0.1, 0.15) is 52.3 Å². The van der Waals surface area contributed by atoms with Crippen LogP contribution in [0.15, 0.2) is 18.3 Å². The van der Waals surface area contributed by atoms with Crippen LogP contribution in [0, 0.1) is 17.7 Å². The Balaban J connectivity index is 2.87. The first-order chi connectivity index (χ1) is 8.56. The minimum Gasteiger partial charge on any atom is -0.308 e. The Morgan fingerprint density at radius 2 is 2.06 bits per heavy atom. The van der Waals surface area contributed by atoms with Crippen LogP contribution >= 0.6 is 0 Å². The van der Waals surface area contributed by atoms with E-state index < -0.39 is 0 Å². The van der Waals surface area contributed by atoms with Crippen LogP contribution < -0.4 is 5.32 Å². The zero-order chi connectivity index (χ0) is 13.5. The topological polar surface area (TPSA) is 24.9 Å². The molecule has 102 valence electrons. The Labute approximate surface area is 110 Å². The van der Waals surface area contributed by atoms with E-state index in [0.717, 1.165) is 19.4 Å². The van der Waals surface area contributed by atoms with Gasteiger partial charge in [0.05, 0.1) is 11.7 Å². The van der Waals surface area contributed by atoms with E-state index in [2.05, 4.69) is 38.0 Å². The van der Waals surface area contributed by atoms with Crippen LogP contribution in [-0.4, -0.2) is 11.5 Å². The van der Waals surface area contributed by atoms with Crippen LogP contribution in [0.2, 0.25) is 0 Å². The maximum Gasteiger partial charge on any atom is 0.146 e. The summed E-state index contributed by atoms with van der Waals surface area (Å²) in [6, 6.07) is 3.14. The van der Waals surface area contributed by atoms with Crippen LogP contribution in [0.5, 0.6) is 0 Å². The van der Waals surface area contributed by atoms with Crippen molar-refractivity contribution in [3.63, 3.8) is 0 Å². The molecule has 1 heterocycles. The van der Waals surface area contributed by atoms with Gasteiger partial charge in [-0.1, -0.05) is 27.7 Å². The van der Waals surface area contributed by atoms with E-state index in [-0.39, 0.29) is 11.9 Å². The lowest BCUT2D eigenvalue weighted by atomic mass is 9.89. The fourth-order valence-electron chi connectivity index (χ4n) is 2.37. The molecule has 0 bridgehead atoms. The van der Waals surface area contributed by atoms with Gasteiger partial charge in [0.1, 0.15) is 5.82 Å². The largest absolute Gasteiger partial charge is 0.308 e. The third-order valence-electron chi connectivity index (χ3n) is 3.11. The van der Waals surface area contributed by atoms with Crippen molar-refractivity contribution in [2.24, 2.45) is 11.8 Å². The van der Waals surface area contributed by atoms with E-state index >= 15 is 0 Å². The summed E-state index contributed by atoms with van der Waals surface area (Å²) in [6.45, 7) is 9.57. The van der Waals surface area contributed by atoms with Gasteiger partial charge in [-0.05, 0) is 43.4 Å². The summed E-state index contributed by atoms with van der Waals surface area (Å²) in [6.07, 6.45) is 3.78. The number of aromatic nitrogens is 1. The number of pyridine rings is 1. The highest BCUT2D eigenvalue weighted by Gasteiger charge is 2.23. The SMILES string of the molecule is CCCNC(c1ncccc1F)C(C)CC(C)C. The molecule has 0 radical (unpaired) electrons. The quantitative estimate of drug-likeness (QED) is 0.795. The van der Waals surface area contributed by atoms with Crippen LogP contribution in [0.4, 0.5) is 4.39 Å². The van der Waals surface area contributed by atoms with E-state index in [1.807, 2.05) is 0 Å². The van der Waals surface area contributed by atoms with E-state index in [0.29, 0.717) is 17.5 Å². The highest BCUT2D eigenvalue weighted by Crippen LogP contribution is 2.27. The Kier molecular flexibility index (Phi) is 6.27. The molecule has 3 heteroatoms. The number of nitrogens with zero attached hydrogens (tertiary/aromatic N) is 1. The lowest BCUT2D eigenvalue weighted by molar-refractivity contribution is 0.315. The van der Waals surface area contributed by atoms with Gasteiger partial charge in [-0.2, -0.15) is 0 Å². The molecule has 0 aliphatic carbocycles. The van der Waals surface area contributed by atoms with E-state index in [4.69, 9.17) is 0 Å². The molecule has 2 unspecified atom stereocenters.